The zero-order valence-corrected chi connectivity index (χ0v) is 13.1. The average Bonchev–Trinajstić information content (AvgIpc) is 3.43. The van der Waals surface area contributed by atoms with Crippen LogP contribution in [-0.2, 0) is 16.1 Å². The van der Waals surface area contributed by atoms with Gasteiger partial charge in [-0.15, -0.1) is 0 Å². The summed E-state index contributed by atoms with van der Waals surface area (Å²) in [4.78, 5) is 24.9. The molecule has 2 amide bonds. The van der Waals surface area contributed by atoms with Crippen LogP contribution in [-0.4, -0.2) is 11.8 Å². The largest absolute Gasteiger partial charge is 0.351 e. The van der Waals surface area contributed by atoms with Gasteiger partial charge in [0.15, 0.2) is 0 Å². The first-order chi connectivity index (χ1) is 11.6. The molecular formula is C19H17N3O2. The summed E-state index contributed by atoms with van der Waals surface area (Å²) >= 11 is 0. The van der Waals surface area contributed by atoms with E-state index >= 15 is 0 Å². The zero-order chi connectivity index (χ0) is 17.0. The molecule has 0 bridgehead atoms. The molecule has 5 nitrogen and oxygen atoms in total. The number of carbonyl (C=O) groups excluding carboxylic acids is 2. The van der Waals surface area contributed by atoms with E-state index in [4.69, 9.17) is 5.26 Å². The molecule has 2 aromatic carbocycles. The SMILES string of the molecule is N#Cc1cccc(NC(=O)C2(C(=O)NCc3ccccc3)CC2)c1. The van der Waals surface area contributed by atoms with Crippen molar-refractivity contribution < 1.29 is 9.59 Å². The van der Waals surface area contributed by atoms with E-state index in [1.54, 1.807) is 24.3 Å². The molecule has 2 aromatic rings. The third kappa shape index (κ3) is 3.28. The quantitative estimate of drug-likeness (QED) is 0.831. The lowest BCUT2D eigenvalue weighted by Gasteiger charge is -2.15. The van der Waals surface area contributed by atoms with Crippen LogP contribution in [0.1, 0.15) is 24.0 Å². The van der Waals surface area contributed by atoms with E-state index in [2.05, 4.69) is 10.6 Å². The van der Waals surface area contributed by atoms with Crippen molar-refractivity contribution in [2.75, 3.05) is 5.32 Å². The third-order valence-electron chi connectivity index (χ3n) is 4.16. The number of amides is 2. The monoisotopic (exact) mass is 319 g/mol. The van der Waals surface area contributed by atoms with Crippen LogP contribution in [0.15, 0.2) is 54.6 Å². The highest BCUT2D eigenvalue weighted by molar-refractivity contribution is 6.13. The molecule has 3 rings (SSSR count). The highest BCUT2D eigenvalue weighted by atomic mass is 16.2. The van der Waals surface area contributed by atoms with Crippen molar-refractivity contribution in [3.63, 3.8) is 0 Å². The maximum atomic E-state index is 12.5. The van der Waals surface area contributed by atoms with Gasteiger partial charge >= 0.3 is 0 Å². The van der Waals surface area contributed by atoms with Gasteiger partial charge in [-0.25, -0.2) is 0 Å². The van der Waals surface area contributed by atoms with Crippen molar-refractivity contribution in [3.8, 4) is 6.07 Å². The zero-order valence-electron chi connectivity index (χ0n) is 13.1. The second-order valence-electron chi connectivity index (χ2n) is 5.90. The lowest BCUT2D eigenvalue weighted by Crippen LogP contribution is -2.39. The van der Waals surface area contributed by atoms with E-state index < -0.39 is 5.41 Å². The summed E-state index contributed by atoms with van der Waals surface area (Å²) in [6.07, 6.45) is 1.08. The third-order valence-corrected chi connectivity index (χ3v) is 4.16. The van der Waals surface area contributed by atoms with Crippen LogP contribution < -0.4 is 10.6 Å². The van der Waals surface area contributed by atoms with Gasteiger partial charge < -0.3 is 10.6 Å². The van der Waals surface area contributed by atoms with E-state index in [0.29, 0.717) is 30.6 Å². The Balaban J connectivity index is 1.63. The molecule has 1 saturated carbocycles. The van der Waals surface area contributed by atoms with E-state index in [-0.39, 0.29) is 11.8 Å². The Hall–Kier alpha value is -3.13. The molecule has 5 heteroatoms. The van der Waals surface area contributed by atoms with Crippen molar-refractivity contribution in [1.82, 2.24) is 5.32 Å². The molecule has 0 atom stereocenters. The van der Waals surface area contributed by atoms with Gasteiger partial charge in [0, 0.05) is 12.2 Å². The first-order valence-corrected chi connectivity index (χ1v) is 7.78. The summed E-state index contributed by atoms with van der Waals surface area (Å²) in [5.74, 6) is -0.566. The van der Waals surface area contributed by atoms with E-state index in [9.17, 15) is 9.59 Å². The van der Waals surface area contributed by atoms with Crippen LogP contribution in [0.25, 0.3) is 0 Å². The van der Waals surface area contributed by atoms with Crippen LogP contribution in [0.5, 0.6) is 0 Å². The first kappa shape index (κ1) is 15.8. The summed E-state index contributed by atoms with van der Waals surface area (Å²) in [5, 5.41) is 14.5. The Bertz CT molecular complexity index is 805. The van der Waals surface area contributed by atoms with E-state index in [1.165, 1.54) is 0 Å². The molecule has 1 aliphatic carbocycles. The molecule has 24 heavy (non-hydrogen) atoms. The Morgan fingerprint density at radius 1 is 1.04 bits per heavy atom. The predicted octanol–water partition coefficient (Wildman–Crippen LogP) is 2.59. The minimum absolute atomic E-state index is 0.250. The lowest BCUT2D eigenvalue weighted by atomic mass is 10.0. The fourth-order valence-electron chi connectivity index (χ4n) is 2.55. The van der Waals surface area contributed by atoms with Gasteiger partial charge in [-0.1, -0.05) is 36.4 Å². The predicted molar refractivity (Wildman–Crippen MR) is 89.7 cm³/mol. The molecule has 0 aliphatic heterocycles. The minimum Gasteiger partial charge on any atom is -0.351 e. The van der Waals surface area contributed by atoms with Gasteiger partial charge in [0.05, 0.1) is 11.6 Å². The van der Waals surface area contributed by atoms with E-state index in [1.807, 2.05) is 36.4 Å². The van der Waals surface area contributed by atoms with E-state index in [0.717, 1.165) is 5.56 Å². The molecule has 0 saturated heterocycles. The molecule has 0 spiro atoms. The number of nitrogens with one attached hydrogen (secondary N) is 2. The van der Waals surface area contributed by atoms with Crippen molar-refractivity contribution >= 4 is 17.5 Å². The topological polar surface area (TPSA) is 82.0 Å². The fourth-order valence-corrected chi connectivity index (χ4v) is 2.55. The summed E-state index contributed by atoms with van der Waals surface area (Å²) < 4.78 is 0. The van der Waals surface area contributed by atoms with Crippen LogP contribution in [0.2, 0.25) is 0 Å². The standard InChI is InChI=1S/C19H17N3O2/c20-12-15-7-4-8-16(11-15)22-18(24)19(9-10-19)17(23)21-13-14-5-2-1-3-6-14/h1-8,11H,9-10,13H2,(H,21,23)(H,22,24). The normalized spacial score (nSPS) is 14.3. The molecule has 0 aromatic heterocycles. The Morgan fingerprint density at radius 3 is 2.46 bits per heavy atom. The highest BCUT2D eigenvalue weighted by Crippen LogP contribution is 2.46. The van der Waals surface area contributed by atoms with Crippen molar-refractivity contribution in [2.24, 2.45) is 5.41 Å². The Labute approximate surface area is 140 Å². The second-order valence-corrected chi connectivity index (χ2v) is 5.90. The summed E-state index contributed by atoms with van der Waals surface area (Å²) in [5.41, 5.74) is 0.994. The second kappa shape index (κ2) is 6.55. The number of benzene rings is 2. The minimum atomic E-state index is -0.989. The number of nitriles is 1. The fraction of sp³-hybridized carbons (Fsp3) is 0.211. The smallest absolute Gasteiger partial charge is 0.240 e. The van der Waals surface area contributed by atoms with Crippen LogP contribution in [0.3, 0.4) is 0 Å². The highest BCUT2D eigenvalue weighted by Gasteiger charge is 2.56. The van der Waals surface area contributed by atoms with Crippen molar-refractivity contribution in [3.05, 3.63) is 65.7 Å². The molecule has 0 unspecified atom stereocenters. The summed E-state index contributed by atoms with van der Waals surface area (Å²) in [6.45, 7) is 0.401. The number of anilines is 1. The van der Waals surface area contributed by atoms with Gasteiger partial charge in [0.1, 0.15) is 5.41 Å². The summed E-state index contributed by atoms with van der Waals surface area (Å²) in [6, 6.07) is 18.3. The molecule has 0 radical (unpaired) electrons. The Morgan fingerprint density at radius 2 is 1.79 bits per heavy atom. The number of hydrogen-bond donors (Lipinski definition) is 2. The molecule has 1 aliphatic rings. The van der Waals surface area contributed by atoms with Crippen LogP contribution in [0, 0.1) is 16.7 Å². The van der Waals surface area contributed by atoms with Crippen molar-refractivity contribution in [2.45, 2.75) is 19.4 Å². The maximum Gasteiger partial charge on any atom is 0.240 e. The van der Waals surface area contributed by atoms with Gasteiger partial charge in [-0.2, -0.15) is 5.26 Å². The van der Waals surface area contributed by atoms with Crippen LogP contribution in [0.4, 0.5) is 5.69 Å². The number of hydrogen-bond acceptors (Lipinski definition) is 3. The first-order valence-electron chi connectivity index (χ1n) is 7.78. The molecule has 2 N–H and O–H groups in total. The molecule has 0 heterocycles. The lowest BCUT2D eigenvalue weighted by molar-refractivity contribution is -0.134. The number of carbonyl (C=O) groups is 2. The molecule has 1 fully saturated rings. The maximum absolute atomic E-state index is 12.5. The average molecular weight is 319 g/mol. The number of nitrogens with zero attached hydrogens (tertiary/aromatic N) is 1. The van der Waals surface area contributed by atoms with Gasteiger partial charge in [0.25, 0.3) is 0 Å². The Kier molecular flexibility index (Phi) is 4.30. The van der Waals surface area contributed by atoms with Crippen molar-refractivity contribution in [1.29, 1.82) is 5.26 Å². The molecular weight excluding hydrogens is 302 g/mol. The molecule has 120 valence electrons. The number of rotatable bonds is 5. The van der Waals surface area contributed by atoms with Gasteiger partial charge in [-0.3, -0.25) is 9.59 Å². The van der Waals surface area contributed by atoms with Gasteiger partial charge in [-0.05, 0) is 36.6 Å². The summed E-state index contributed by atoms with van der Waals surface area (Å²) in [7, 11) is 0. The van der Waals surface area contributed by atoms with Crippen LogP contribution >= 0.6 is 0 Å². The van der Waals surface area contributed by atoms with Gasteiger partial charge in [0.2, 0.25) is 11.8 Å².